The van der Waals surface area contributed by atoms with Gasteiger partial charge in [-0.05, 0) is 36.2 Å². The van der Waals surface area contributed by atoms with Gasteiger partial charge in [-0.25, -0.2) is 4.39 Å². The molecular weight excluding hydrogens is 337 g/mol. The van der Waals surface area contributed by atoms with Crippen molar-refractivity contribution in [2.24, 2.45) is 0 Å². The molecule has 3 rings (SSSR count). The monoisotopic (exact) mass is 351 g/mol. The van der Waals surface area contributed by atoms with Crippen LogP contribution >= 0.6 is 11.6 Å². The van der Waals surface area contributed by atoms with Gasteiger partial charge in [0, 0.05) is 23.6 Å². The van der Waals surface area contributed by atoms with Crippen LogP contribution in [0.2, 0.25) is 5.02 Å². The van der Waals surface area contributed by atoms with E-state index in [0.29, 0.717) is 25.1 Å². The van der Waals surface area contributed by atoms with E-state index in [0.717, 1.165) is 10.9 Å². The van der Waals surface area contributed by atoms with E-state index in [9.17, 15) is 9.18 Å². The molecule has 0 spiro atoms. The molecule has 0 bridgehead atoms. The summed E-state index contributed by atoms with van der Waals surface area (Å²) < 4.78 is 23.5. The van der Waals surface area contributed by atoms with Crippen LogP contribution in [-0.4, -0.2) is 29.2 Å². The van der Waals surface area contributed by atoms with Gasteiger partial charge in [-0.1, -0.05) is 11.6 Å². The molecule has 0 radical (unpaired) electrons. The van der Waals surface area contributed by atoms with Gasteiger partial charge in [0.2, 0.25) is 5.76 Å². The Morgan fingerprint density at radius 1 is 1.46 bits per heavy atom. The molecule has 1 amide bonds. The summed E-state index contributed by atoms with van der Waals surface area (Å²) in [7, 11) is 0. The minimum atomic E-state index is -0.471. The van der Waals surface area contributed by atoms with E-state index in [1.165, 1.54) is 12.1 Å². The van der Waals surface area contributed by atoms with Gasteiger partial charge in [0.05, 0.1) is 17.7 Å². The highest BCUT2D eigenvalue weighted by molar-refractivity contribution is 6.31. The minimum absolute atomic E-state index is 0.0671. The predicted octanol–water partition coefficient (Wildman–Crippen LogP) is 3.32. The first-order chi connectivity index (χ1) is 11.6. The van der Waals surface area contributed by atoms with Crippen molar-refractivity contribution in [3.8, 4) is 5.88 Å². The Balaban J connectivity index is 1.61. The Bertz CT molecular complexity index is 875. The molecule has 3 aromatic rings. The molecule has 0 aliphatic carbocycles. The molecule has 2 N–H and O–H groups in total. The van der Waals surface area contributed by atoms with Crippen LogP contribution in [0.1, 0.15) is 23.0 Å². The number of benzene rings is 1. The van der Waals surface area contributed by atoms with Crippen LogP contribution in [-0.2, 0) is 6.42 Å². The molecule has 0 aliphatic heterocycles. The van der Waals surface area contributed by atoms with Gasteiger partial charge < -0.3 is 19.6 Å². The molecule has 1 aromatic carbocycles. The average molecular weight is 352 g/mol. The van der Waals surface area contributed by atoms with Crippen molar-refractivity contribution in [2.45, 2.75) is 13.3 Å². The quantitative estimate of drug-likeness (QED) is 0.714. The van der Waals surface area contributed by atoms with Gasteiger partial charge in [-0.2, -0.15) is 0 Å². The summed E-state index contributed by atoms with van der Waals surface area (Å²) in [5.41, 5.74) is 1.59. The molecule has 0 saturated carbocycles. The number of rotatable bonds is 6. The summed E-state index contributed by atoms with van der Waals surface area (Å²) in [6.45, 7) is 2.64. The largest absolute Gasteiger partial charge is 0.476 e. The second-order valence-corrected chi connectivity index (χ2v) is 5.50. The lowest BCUT2D eigenvalue weighted by Gasteiger charge is -2.02. The van der Waals surface area contributed by atoms with Crippen molar-refractivity contribution in [1.82, 2.24) is 15.5 Å². The van der Waals surface area contributed by atoms with Gasteiger partial charge >= 0.3 is 0 Å². The number of aromatic amines is 1. The molecule has 0 unspecified atom stereocenters. The number of hydrogen-bond donors (Lipinski definition) is 2. The molecule has 2 aromatic heterocycles. The van der Waals surface area contributed by atoms with E-state index < -0.39 is 5.82 Å². The molecule has 0 saturated heterocycles. The fourth-order valence-electron chi connectivity index (χ4n) is 2.36. The summed E-state index contributed by atoms with van der Waals surface area (Å²) in [4.78, 5) is 15.0. The maximum atomic E-state index is 13.4. The third-order valence-corrected chi connectivity index (χ3v) is 3.78. The summed E-state index contributed by atoms with van der Waals surface area (Å²) in [6, 6.07) is 4.36. The van der Waals surface area contributed by atoms with Crippen LogP contribution in [0, 0.1) is 5.82 Å². The van der Waals surface area contributed by atoms with Crippen molar-refractivity contribution < 1.29 is 18.4 Å². The molecule has 0 aliphatic rings. The molecule has 0 fully saturated rings. The average Bonchev–Trinajstić information content (AvgIpc) is 3.16. The lowest BCUT2D eigenvalue weighted by molar-refractivity contribution is 0.0917. The smallest absolute Gasteiger partial charge is 0.290 e. The summed E-state index contributed by atoms with van der Waals surface area (Å²) in [5, 5.41) is 7.26. The van der Waals surface area contributed by atoms with Crippen molar-refractivity contribution in [2.75, 3.05) is 13.2 Å². The van der Waals surface area contributed by atoms with Crippen LogP contribution in [0.4, 0.5) is 4.39 Å². The van der Waals surface area contributed by atoms with Gasteiger partial charge in [0.25, 0.3) is 11.8 Å². The second-order valence-electron chi connectivity index (χ2n) is 5.09. The first-order valence-electron chi connectivity index (χ1n) is 7.41. The van der Waals surface area contributed by atoms with E-state index in [4.69, 9.17) is 20.9 Å². The second kappa shape index (κ2) is 6.92. The zero-order valence-electron chi connectivity index (χ0n) is 12.9. The predicted molar refractivity (Wildman–Crippen MR) is 87.0 cm³/mol. The number of aromatic nitrogens is 2. The Morgan fingerprint density at radius 3 is 3.08 bits per heavy atom. The zero-order chi connectivity index (χ0) is 17.1. The van der Waals surface area contributed by atoms with Crippen LogP contribution < -0.4 is 10.1 Å². The number of carbonyl (C=O) groups excluding carboxylic acids is 1. The highest BCUT2D eigenvalue weighted by Gasteiger charge is 2.14. The number of carbonyl (C=O) groups is 1. The topological polar surface area (TPSA) is 80.1 Å². The number of amides is 1. The highest BCUT2D eigenvalue weighted by Crippen LogP contribution is 2.25. The molecule has 24 heavy (non-hydrogen) atoms. The first-order valence-corrected chi connectivity index (χ1v) is 7.79. The third-order valence-electron chi connectivity index (χ3n) is 3.49. The van der Waals surface area contributed by atoms with Gasteiger partial charge in [0.15, 0.2) is 0 Å². The van der Waals surface area contributed by atoms with Crippen LogP contribution in [0.15, 0.2) is 28.9 Å². The Morgan fingerprint density at radius 2 is 2.29 bits per heavy atom. The molecule has 126 valence electrons. The van der Waals surface area contributed by atoms with E-state index in [1.807, 2.05) is 6.92 Å². The van der Waals surface area contributed by atoms with Crippen LogP contribution in [0.25, 0.3) is 10.9 Å². The van der Waals surface area contributed by atoms with Crippen LogP contribution in [0.5, 0.6) is 5.88 Å². The lowest BCUT2D eigenvalue weighted by atomic mass is 10.1. The molecule has 0 atom stereocenters. The molecule has 6 nitrogen and oxygen atoms in total. The highest BCUT2D eigenvalue weighted by atomic mass is 35.5. The SMILES string of the molecule is CCOc1cc(C(=O)NCCc2c[nH]c3cc(F)c(Cl)cc23)on1. The lowest BCUT2D eigenvalue weighted by Crippen LogP contribution is -2.25. The number of halogens is 2. The fraction of sp³-hybridized carbons (Fsp3) is 0.250. The standard InChI is InChI=1S/C16H15ClFN3O3/c1-2-23-15-7-14(24-21-15)16(22)19-4-3-9-8-20-13-6-12(18)11(17)5-10(9)13/h5-8,20H,2-4H2,1H3,(H,19,22). The Hall–Kier alpha value is -2.54. The van der Waals surface area contributed by atoms with Gasteiger partial charge in [0.1, 0.15) is 5.82 Å². The number of nitrogens with one attached hydrogen (secondary N) is 2. The number of hydrogen-bond acceptors (Lipinski definition) is 4. The number of fused-ring (bicyclic) bond motifs is 1. The van der Waals surface area contributed by atoms with E-state index in [-0.39, 0.29) is 22.6 Å². The molecular formula is C16H15ClFN3O3. The maximum absolute atomic E-state index is 13.4. The van der Waals surface area contributed by atoms with Crippen molar-refractivity contribution in [1.29, 1.82) is 0 Å². The van der Waals surface area contributed by atoms with Gasteiger partial charge in [-0.15, -0.1) is 0 Å². The molecule has 2 heterocycles. The van der Waals surface area contributed by atoms with Crippen molar-refractivity contribution >= 4 is 28.4 Å². The first kappa shape index (κ1) is 16.3. The van der Waals surface area contributed by atoms with Gasteiger partial charge in [-0.3, -0.25) is 4.79 Å². The van der Waals surface area contributed by atoms with E-state index >= 15 is 0 Å². The van der Waals surface area contributed by atoms with Crippen LogP contribution in [0.3, 0.4) is 0 Å². The van der Waals surface area contributed by atoms with E-state index in [1.54, 1.807) is 12.3 Å². The molecule has 8 heteroatoms. The van der Waals surface area contributed by atoms with Crippen molar-refractivity contribution in [3.05, 3.63) is 46.6 Å². The Kier molecular flexibility index (Phi) is 4.71. The third kappa shape index (κ3) is 3.35. The maximum Gasteiger partial charge on any atom is 0.290 e. The Labute approximate surface area is 141 Å². The summed E-state index contributed by atoms with van der Waals surface area (Å²) in [6.07, 6.45) is 2.33. The number of H-pyrrole nitrogens is 1. The zero-order valence-corrected chi connectivity index (χ0v) is 13.6. The minimum Gasteiger partial charge on any atom is -0.476 e. The fourth-order valence-corrected chi connectivity index (χ4v) is 2.52. The normalized spacial score (nSPS) is 11.0. The summed E-state index contributed by atoms with van der Waals surface area (Å²) >= 11 is 5.82. The van der Waals surface area contributed by atoms with E-state index in [2.05, 4.69) is 15.5 Å². The summed E-state index contributed by atoms with van der Waals surface area (Å²) in [5.74, 6) is -0.489. The van der Waals surface area contributed by atoms with Crippen molar-refractivity contribution in [3.63, 3.8) is 0 Å². The number of ether oxygens (including phenoxy) is 1. The number of nitrogens with zero attached hydrogens (tertiary/aromatic N) is 1.